The molecule has 1 atom stereocenters. The minimum atomic E-state index is -0.961. The van der Waals surface area contributed by atoms with Gasteiger partial charge in [0.1, 0.15) is 0 Å². The van der Waals surface area contributed by atoms with Gasteiger partial charge in [0.05, 0.1) is 6.33 Å². The van der Waals surface area contributed by atoms with E-state index in [0.717, 1.165) is 10.1 Å². The molecule has 0 saturated heterocycles. The standard InChI is InChI=1S/C22H25N5O7/c1-13(20(29)23-10-14-6-7-15-16(9-14)33-12-32-15)34-17(28)5-4-8-27-11-24-19-18(27)21(30)26(3)22(31)25(19)2/h6-7,9,11,13H,4-5,8,10,12H2,1-3H3,(H,23,29). The van der Waals surface area contributed by atoms with Gasteiger partial charge in [-0.15, -0.1) is 0 Å². The zero-order chi connectivity index (χ0) is 24.4. The summed E-state index contributed by atoms with van der Waals surface area (Å²) in [6.07, 6.45) is 0.911. The second-order valence-corrected chi connectivity index (χ2v) is 7.96. The SMILES string of the molecule is CC(OC(=O)CCCn1cnc2c1c(=O)n(C)c(=O)n2C)C(=O)NCc1ccc2c(c1)OCO2. The van der Waals surface area contributed by atoms with E-state index in [0.29, 0.717) is 24.5 Å². The van der Waals surface area contributed by atoms with E-state index >= 15 is 0 Å². The second-order valence-electron chi connectivity index (χ2n) is 7.96. The highest BCUT2D eigenvalue weighted by atomic mass is 16.7. The van der Waals surface area contributed by atoms with Crippen molar-refractivity contribution in [2.45, 2.75) is 39.0 Å². The molecule has 1 N–H and O–H groups in total. The lowest BCUT2D eigenvalue weighted by Crippen LogP contribution is -2.37. The van der Waals surface area contributed by atoms with Crippen LogP contribution in [0.5, 0.6) is 11.5 Å². The van der Waals surface area contributed by atoms with Crippen LogP contribution in [0.1, 0.15) is 25.3 Å². The maximum absolute atomic E-state index is 12.5. The van der Waals surface area contributed by atoms with Gasteiger partial charge in [0, 0.05) is 33.6 Å². The highest BCUT2D eigenvalue weighted by Gasteiger charge is 2.19. The summed E-state index contributed by atoms with van der Waals surface area (Å²) in [4.78, 5) is 53.1. The fourth-order valence-electron chi connectivity index (χ4n) is 3.65. The Morgan fingerprint density at radius 3 is 2.74 bits per heavy atom. The number of benzene rings is 1. The third-order valence-corrected chi connectivity index (χ3v) is 5.58. The van der Waals surface area contributed by atoms with E-state index in [-0.39, 0.29) is 30.9 Å². The summed E-state index contributed by atoms with van der Waals surface area (Å²) in [5.74, 6) is 0.328. The summed E-state index contributed by atoms with van der Waals surface area (Å²) < 4.78 is 19.7. The Kier molecular flexibility index (Phi) is 6.39. The number of esters is 1. The van der Waals surface area contributed by atoms with E-state index in [2.05, 4.69) is 10.3 Å². The third-order valence-electron chi connectivity index (χ3n) is 5.58. The van der Waals surface area contributed by atoms with Crippen LogP contribution >= 0.6 is 0 Å². The van der Waals surface area contributed by atoms with Crippen molar-refractivity contribution in [1.29, 1.82) is 0 Å². The van der Waals surface area contributed by atoms with Gasteiger partial charge in [-0.2, -0.15) is 0 Å². The van der Waals surface area contributed by atoms with Crippen LogP contribution in [-0.2, 0) is 41.5 Å². The van der Waals surface area contributed by atoms with Crippen LogP contribution in [0.3, 0.4) is 0 Å². The number of carbonyl (C=O) groups excluding carboxylic acids is 2. The molecule has 0 radical (unpaired) electrons. The van der Waals surface area contributed by atoms with Gasteiger partial charge in [-0.1, -0.05) is 6.07 Å². The van der Waals surface area contributed by atoms with E-state index in [1.807, 2.05) is 6.07 Å². The molecule has 0 fully saturated rings. The molecule has 2 aromatic heterocycles. The first-order chi connectivity index (χ1) is 16.3. The number of amides is 1. The van der Waals surface area contributed by atoms with E-state index < -0.39 is 29.2 Å². The molecule has 3 aromatic rings. The monoisotopic (exact) mass is 471 g/mol. The topological polar surface area (TPSA) is 136 Å². The Morgan fingerprint density at radius 2 is 1.94 bits per heavy atom. The number of imidazole rings is 1. The summed E-state index contributed by atoms with van der Waals surface area (Å²) in [5.41, 5.74) is 0.480. The molecule has 4 rings (SSSR count). The number of aryl methyl sites for hydroxylation is 2. The Balaban J connectivity index is 1.26. The number of hydrogen-bond donors (Lipinski definition) is 1. The maximum atomic E-state index is 12.5. The number of aromatic nitrogens is 4. The average Bonchev–Trinajstić information content (AvgIpc) is 3.46. The van der Waals surface area contributed by atoms with Crippen LogP contribution in [0.4, 0.5) is 0 Å². The summed E-state index contributed by atoms with van der Waals surface area (Å²) >= 11 is 0. The molecule has 180 valence electrons. The molecule has 3 heterocycles. The number of carbonyl (C=O) groups is 2. The van der Waals surface area contributed by atoms with Crippen molar-refractivity contribution < 1.29 is 23.8 Å². The highest BCUT2D eigenvalue weighted by molar-refractivity contribution is 5.83. The van der Waals surface area contributed by atoms with Crippen LogP contribution in [0.2, 0.25) is 0 Å². The molecule has 0 saturated carbocycles. The van der Waals surface area contributed by atoms with Crippen molar-refractivity contribution in [2.75, 3.05) is 6.79 Å². The van der Waals surface area contributed by atoms with Crippen molar-refractivity contribution in [1.82, 2.24) is 24.0 Å². The molecule has 0 spiro atoms. The van der Waals surface area contributed by atoms with Gasteiger partial charge in [0.25, 0.3) is 11.5 Å². The van der Waals surface area contributed by atoms with Crippen LogP contribution in [-0.4, -0.2) is 43.5 Å². The molecular weight excluding hydrogens is 446 g/mol. The van der Waals surface area contributed by atoms with Crippen molar-refractivity contribution >= 4 is 23.0 Å². The minimum Gasteiger partial charge on any atom is -0.454 e. The largest absolute Gasteiger partial charge is 0.454 e. The first-order valence-electron chi connectivity index (χ1n) is 10.7. The van der Waals surface area contributed by atoms with Crippen molar-refractivity contribution in [3.8, 4) is 11.5 Å². The fourth-order valence-corrected chi connectivity index (χ4v) is 3.65. The number of ether oxygens (including phenoxy) is 3. The number of nitrogens with zero attached hydrogens (tertiary/aromatic N) is 4. The van der Waals surface area contributed by atoms with Gasteiger partial charge < -0.3 is 24.1 Å². The Labute approximate surface area is 193 Å². The Morgan fingerprint density at radius 1 is 1.18 bits per heavy atom. The summed E-state index contributed by atoms with van der Waals surface area (Å²) in [7, 11) is 2.94. The lowest BCUT2D eigenvalue weighted by Gasteiger charge is -2.14. The highest BCUT2D eigenvalue weighted by Crippen LogP contribution is 2.32. The van der Waals surface area contributed by atoms with Gasteiger partial charge in [0.2, 0.25) is 6.79 Å². The third kappa shape index (κ3) is 4.51. The van der Waals surface area contributed by atoms with E-state index in [1.165, 1.54) is 31.9 Å². The molecule has 1 aliphatic heterocycles. The fraction of sp³-hybridized carbons (Fsp3) is 0.409. The van der Waals surface area contributed by atoms with Gasteiger partial charge in [0.15, 0.2) is 28.8 Å². The van der Waals surface area contributed by atoms with Crippen LogP contribution in [0, 0.1) is 0 Å². The van der Waals surface area contributed by atoms with Gasteiger partial charge >= 0.3 is 11.7 Å². The molecule has 1 aromatic carbocycles. The average molecular weight is 471 g/mol. The van der Waals surface area contributed by atoms with E-state index in [4.69, 9.17) is 14.2 Å². The molecule has 34 heavy (non-hydrogen) atoms. The molecule has 0 aliphatic carbocycles. The van der Waals surface area contributed by atoms with Gasteiger partial charge in [-0.25, -0.2) is 9.78 Å². The van der Waals surface area contributed by atoms with Crippen molar-refractivity contribution in [2.24, 2.45) is 14.1 Å². The second kappa shape index (κ2) is 9.41. The van der Waals surface area contributed by atoms with Gasteiger partial charge in [-0.05, 0) is 31.0 Å². The lowest BCUT2D eigenvalue weighted by molar-refractivity contribution is -0.155. The molecule has 1 aliphatic rings. The smallest absolute Gasteiger partial charge is 0.332 e. The number of rotatable bonds is 8. The first-order valence-corrected chi connectivity index (χ1v) is 10.7. The first kappa shape index (κ1) is 23.1. The lowest BCUT2D eigenvalue weighted by atomic mass is 10.2. The predicted molar refractivity (Wildman–Crippen MR) is 119 cm³/mol. The predicted octanol–water partition coefficient (Wildman–Crippen LogP) is 0.191. The molecule has 12 nitrogen and oxygen atoms in total. The van der Waals surface area contributed by atoms with Crippen LogP contribution < -0.4 is 26.0 Å². The summed E-state index contributed by atoms with van der Waals surface area (Å²) in [6, 6.07) is 5.37. The van der Waals surface area contributed by atoms with Crippen molar-refractivity contribution in [3.63, 3.8) is 0 Å². The number of fused-ring (bicyclic) bond motifs is 2. The Bertz CT molecular complexity index is 1370. The summed E-state index contributed by atoms with van der Waals surface area (Å²) in [5, 5.41) is 2.73. The van der Waals surface area contributed by atoms with Gasteiger partial charge in [-0.3, -0.25) is 23.5 Å². The zero-order valence-corrected chi connectivity index (χ0v) is 19.1. The molecule has 0 bridgehead atoms. The number of hydrogen-bond acceptors (Lipinski definition) is 8. The van der Waals surface area contributed by atoms with E-state index in [9.17, 15) is 19.2 Å². The quantitative estimate of drug-likeness (QED) is 0.460. The molecule has 12 heteroatoms. The summed E-state index contributed by atoms with van der Waals surface area (Å²) in [6.45, 7) is 2.25. The molecule has 1 amide bonds. The van der Waals surface area contributed by atoms with Crippen molar-refractivity contribution in [3.05, 3.63) is 50.9 Å². The van der Waals surface area contributed by atoms with E-state index in [1.54, 1.807) is 16.7 Å². The number of nitrogens with one attached hydrogen (secondary N) is 1. The minimum absolute atomic E-state index is 0.0472. The zero-order valence-electron chi connectivity index (χ0n) is 19.1. The van der Waals surface area contributed by atoms with Crippen LogP contribution in [0.15, 0.2) is 34.1 Å². The Hall–Kier alpha value is -4.09. The molecular formula is C22H25N5O7. The van der Waals surface area contributed by atoms with Crippen LogP contribution in [0.25, 0.3) is 11.2 Å². The molecule has 1 unspecified atom stereocenters. The normalized spacial score (nSPS) is 13.1. The maximum Gasteiger partial charge on any atom is 0.332 e.